The normalized spacial score (nSPS) is 19.3. The summed E-state index contributed by atoms with van der Waals surface area (Å²) in [6, 6.07) is 10.5. The molecule has 1 aromatic heterocycles. The molecule has 154 valence electrons. The molecular weight excluding hydrogens is 362 g/mol. The number of aromatic amines is 1. The molecule has 29 heavy (non-hydrogen) atoms. The second kappa shape index (κ2) is 7.79. The van der Waals surface area contributed by atoms with Crippen LogP contribution in [0.3, 0.4) is 0 Å². The molecule has 0 saturated carbocycles. The van der Waals surface area contributed by atoms with E-state index >= 15 is 0 Å². The first-order chi connectivity index (χ1) is 13.8. The third-order valence-corrected chi connectivity index (χ3v) is 6.41. The van der Waals surface area contributed by atoms with Crippen LogP contribution in [0.1, 0.15) is 47.4 Å². The van der Waals surface area contributed by atoms with Gasteiger partial charge < -0.3 is 9.88 Å². The van der Waals surface area contributed by atoms with Crippen molar-refractivity contribution >= 4 is 11.5 Å². The first-order valence-corrected chi connectivity index (χ1v) is 10.6. The van der Waals surface area contributed by atoms with Crippen molar-refractivity contribution in [3.05, 3.63) is 63.1 Å². The van der Waals surface area contributed by atoms with Crippen molar-refractivity contribution < 1.29 is 4.79 Å². The van der Waals surface area contributed by atoms with Crippen LogP contribution in [0.15, 0.2) is 35.1 Å². The summed E-state index contributed by atoms with van der Waals surface area (Å²) in [4.78, 5) is 33.3. The molecule has 1 N–H and O–H groups in total. The molecule has 1 saturated heterocycles. The molecule has 0 bridgehead atoms. The molecule has 0 amide bonds. The van der Waals surface area contributed by atoms with Gasteiger partial charge in [0.2, 0.25) is 0 Å². The first-order valence-electron chi connectivity index (χ1n) is 10.6. The highest BCUT2D eigenvalue weighted by Crippen LogP contribution is 2.35. The standard InChI is InChI=1S/C24H31N3O2/c1-17-19(23(29)25-20-15-24(2,3)16-21(28)22(17)20)9-10-26-11-13-27(14-12-26)18-7-5-4-6-8-18/h4-8H,9-16H2,1-3H3,(H,25,29). The predicted molar refractivity (Wildman–Crippen MR) is 117 cm³/mol. The molecule has 5 nitrogen and oxygen atoms in total. The van der Waals surface area contributed by atoms with Crippen molar-refractivity contribution in [2.45, 2.75) is 40.0 Å². The molecule has 1 aliphatic heterocycles. The van der Waals surface area contributed by atoms with Crippen LogP contribution in [0, 0.1) is 12.3 Å². The topological polar surface area (TPSA) is 56.4 Å². The van der Waals surface area contributed by atoms with Crippen molar-refractivity contribution in [3.8, 4) is 0 Å². The zero-order valence-corrected chi connectivity index (χ0v) is 17.8. The molecular formula is C24H31N3O2. The summed E-state index contributed by atoms with van der Waals surface area (Å²) >= 11 is 0. The highest BCUT2D eigenvalue weighted by Gasteiger charge is 2.33. The van der Waals surface area contributed by atoms with Crippen LogP contribution in [0.2, 0.25) is 0 Å². The SMILES string of the molecule is Cc1c2c([nH]c(=O)c1CCN1CCN(c3ccccc3)CC1)CC(C)(C)CC2=O. The zero-order valence-electron chi connectivity index (χ0n) is 17.8. The Hall–Kier alpha value is -2.40. The van der Waals surface area contributed by atoms with Crippen molar-refractivity contribution in [3.63, 3.8) is 0 Å². The van der Waals surface area contributed by atoms with Crippen LogP contribution in [0.25, 0.3) is 0 Å². The number of para-hydroxylation sites is 1. The second-order valence-electron chi connectivity index (χ2n) is 9.27. The van der Waals surface area contributed by atoms with E-state index in [2.05, 4.69) is 52.9 Å². The summed E-state index contributed by atoms with van der Waals surface area (Å²) in [5, 5.41) is 0. The highest BCUT2D eigenvalue weighted by atomic mass is 16.1. The van der Waals surface area contributed by atoms with Crippen LogP contribution in [-0.2, 0) is 12.8 Å². The van der Waals surface area contributed by atoms with Gasteiger partial charge in [-0.15, -0.1) is 0 Å². The maximum atomic E-state index is 12.7. The third-order valence-electron chi connectivity index (χ3n) is 6.41. The number of H-pyrrole nitrogens is 1. The van der Waals surface area contributed by atoms with E-state index in [1.807, 2.05) is 13.0 Å². The van der Waals surface area contributed by atoms with Crippen LogP contribution in [0.5, 0.6) is 0 Å². The molecule has 0 unspecified atom stereocenters. The van der Waals surface area contributed by atoms with Crippen LogP contribution < -0.4 is 10.5 Å². The molecule has 0 spiro atoms. The monoisotopic (exact) mass is 393 g/mol. The Labute approximate surface area is 172 Å². The summed E-state index contributed by atoms with van der Waals surface area (Å²) in [5.41, 5.74) is 4.45. The Morgan fingerprint density at radius 1 is 1.00 bits per heavy atom. The lowest BCUT2D eigenvalue weighted by Gasteiger charge is -2.36. The number of fused-ring (bicyclic) bond motifs is 1. The summed E-state index contributed by atoms with van der Waals surface area (Å²) in [6.45, 7) is 11.0. The number of carbonyl (C=O) groups is 1. The van der Waals surface area contributed by atoms with Crippen molar-refractivity contribution in [1.29, 1.82) is 0 Å². The lowest BCUT2D eigenvalue weighted by molar-refractivity contribution is 0.0909. The molecule has 1 fully saturated rings. The number of benzene rings is 1. The third kappa shape index (κ3) is 4.15. The number of Topliss-reactive ketones (excluding diaryl/α,β-unsaturated/α-hetero) is 1. The Balaban J connectivity index is 1.43. The van der Waals surface area contributed by atoms with Crippen LogP contribution in [0.4, 0.5) is 5.69 Å². The molecule has 4 rings (SSSR count). The summed E-state index contributed by atoms with van der Waals surface area (Å²) < 4.78 is 0. The molecule has 2 heterocycles. The Bertz CT molecular complexity index is 954. The number of nitrogens with zero attached hydrogens (tertiary/aromatic N) is 2. The van der Waals surface area contributed by atoms with Gasteiger partial charge in [-0.3, -0.25) is 14.5 Å². The van der Waals surface area contributed by atoms with Gasteiger partial charge in [-0.05, 0) is 42.9 Å². The average Bonchev–Trinajstić information content (AvgIpc) is 2.67. The number of carbonyl (C=O) groups excluding carboxylic acids is 1. The molecule has 0 atom stereocenters. The van der Waals surface area contributed by atoms with Crippen LogP contribution in [-0.4, -0.2) is 48.4 Å². The quantitative estimate of drug-likeness (QED) is 0.867. The number of rotatable bonds is 4. The Kier molecular flexibility index (Phi) is 5.34. The highest BCUT2D eigenvalue weighted by molar-refractivity contribution is 6.00. The molecule has 5 heteroatoms. The second-order valence-corrected chi connectivity index (χ2v) is 9.27. The van der Waals surface area contributed by atoms with Gasteiger partial charge in [-0.25, -0.2) is 0 Å². The van der Waals surface area contributed by atoms with Crippen molar-refractivity contribution in [1.82, 2.24) is 9.88 Å². The Morgan fingerprint density at radius 3 is 2.38 bits per heavy atom. The minimum absolute atomic E-state index is 0.0188. The summed E-state index contributed by atoms with van der Waals surface area (Å²) in [5.74, 6) is 0.169. The first kappa shape index (κ1) is 19.9. The van der Waals surface area contributed by atoms with E-state index in [0.29, 0.717) is 12.8 Å². The van der Waals surface area contributed by atoms with E-state index in [1.165, 1.54) is 5.69 Å². The van der Waals surface area contributed by atoms with Gasteiger partial charge in [0.1, 0.15) is 0 Å². The minimum atomic E-state index is -0.0839. The van der Waals surface area contributed by atoms with Gasteiger partial charge in [-0.2, -0.15) is 0 Å². The van der Waals surface area contributed by atoms with Gasteiger partial charge in [0.15, 0.2) is 5.78 Å². The van der Waals surface area contributed by atoms with Gasteiger partial charge in [0, 0.05) is 61.7 Å². The van der Waals surface area contributed by atoms with Gasteiger partial charge in [0.05, 0.1) is 0 Å². The summed E-state index contributed by atoms with van der Waals surface area (Å²) in [7, 11) is 0. The summed E-state index contributed by atoms with van der Waals surface area (Å²) in [6.07, 6.45) is 2.00. The van der Waals surface area contributed by atoms with Crippen molar-refractivity contribution in [2.75, 3.05) is 37.6 Å². The smallest absolute Gasteiger partial charge is 0.251 e. The molecule has 2 aromatic rings. The van der Waals surface area contributed by atoms with E-state index in [9.17, 15) is 9.59 Å². The molecule has 0 radical (unpaired) electrons. The molecule has 1 aromatic carbocycles. The average molecular weight is 394 g/mol. The predicted octanol–water partition coefficient (Wildman–Crippen LogP) is 3.20. The number of piperazine rings is 1. The van der Waals surface area contributed by atoms with E-state index in [1.54, 1.807) is 0 Å². The maximum absolute atomic E-state index is 12.7. The van der Waals surface area contributed by atoms with E-state index in [0.717, 1.165) is 61.5 Å². The number of hydrogen-bond donors (Lipinski definition) is 1. The minimum Gasteiger partial charge on any atom is -0.369 e. The van der Waals surface area contributed by atoms with Gasteiger partial charge >= 0.3 is 0 Å². The number of pyridine rings is 1. The number of aromatic nitrogens is 1. The van der Waals surface area contributed by atoms with Gasteiger partial charge in [-0.1, -0.05) is 32.0 Å². The number of anilines is 1. The maximum Gasteiger partial charge on any atom is 0.251 e. The Morgan fingerprint density at radius 2 is 1.69 bits per heavy atom. The fourth-order valence-electron chi connectivity index (χ4n) is 4.84. The van der Waals surface area contributed by atoms with Gasteiger partial charge in [0.25, 0.3) is 5.56 Å². The van der Waals surface area contributed by atoms with Crippen molar-refractivity contribution in [2.24, 2.45) is 5.41 Å². The fraction of sp³-hybridized carbons (Fsp3) is 0.500. The number of nitrogens with one attached hydrogen (secondary N) is 1. The number of hydrogen-bond acceptors (Lipinski definition) is 4. The molecule has 2 aliphatic rings. The largest absolute Gasteiger partial charge is 0.369 e. The van der Waals surface area contributed by atoms with E-state index < -0.39 is 0 Å². The zero-order chi connectivity index (χ0) is 20.6. The lowest BCUT2D eigenvalue weighted by atomic mass is 9.74. The number of ketones is 1. The lowest BCUT2D eigenvalue weighted by Crippen LogP contribution is -2.47. The van der Waals surface area contributed by atoms with Crippen LogP contribution >= 0.6 is 0 Å². The fourth-order valence-corrected chi connectivity index (χ4v) is 4.84. The van der Waals surface area contributed by atoms with E-state index in [-0.39, 0.29) is 16.8 Å². The van der Waals surface area contributed by atoms with E-state index in [4.69, 9.17) is 0 Å². The molecule has 1 aliphatic carbocycles.